The van der Waals surface area contributed by atoms with Gasteiger partial charge in [0.2, 0.25) is 0 Å². The van der Waals surface area contributed by atoms with Crippen LogP contribution in [0.3, 0.4) is 0 Å². The molecule has 0 aromatic carbocycles. The van der Waals surface area contributed by atoms with E-state index in [-0.39, 0.29) is 0 Å². The molecular formula is C15H28FN2+. The van der Waals surface area contributed by atoms with Crippen LogP contribution in [0.25, 0.3) is 0 Å². The minimum atomic E-state index is -0.529. The maximum Gasteiger partial charge on any atom is 0.144 e. The maximum absolute atomic E-state index is 14.0. The van der Waals surface area contributed by atoms with E-state index in [4.69, 9.17) is 0 Å². The Bertz CT molecular complexity index is 284. The Balaban J connectivity index is 1.63. The molecule has 2 nitrogen and oxygen atoms in total. The van der Waals surface area contributed by atoms with E-state index in [9.17, 15) is 4.39 Å². The molecule has 0 aromatic rings. The van der Waals surface area contributed by atoms with Crippen LogP contribution in [0.4, 0.5) is 4.39 Å². The van der Waals surface area contributed by atoms with Crippen LogP contribution in [0.1, 0.15) is 51.9 Å². The van der Waals surface area contributed by atoms with Gasteiger partial charge in [-0.15, -0.1) is 0 Å². The van der Waals surface area contributed by atoms with Gasteiger partial charge in [0.1, 0.15) is 12.3 Å². The van der Waals surface area contributed by atoms with E-state index < -0.39 is 6.17 Å². The first-order valence-corrected chi connectivity index (χ1v) is 8.00. The molecule has 1 saturated carbocycles. The summed E-state index contributed by atoms with van der Waals surface area (Å²) in [4.78, 5) is 4.43. The standard InChI is InChI=1S/C15H27FN2/c1-12-10-17-9-5-4-8-15(17)18(12)11-13-6-2-3-7-14(13)16/h12-15H,2-11H2,1H3/p+1. The predicted octanol–water partition coefficient (Wildman–Crippen LogP) is 1.61. The average Bonchev–Trinajstić information content (AvgIpc) is 2.69. The Morgan fingerprint density at radius 1 is 1.11 bits per heavy atom. The first kappa shape index (κ1) is 12.9. The van der Waals surface area contributed by atoms with Crippen LogP contribution < -0.4 is 4.90 Å². The van der Waals surface area contributed by atoms with Gasteiger partial charge in [-0.3, -0.25) is 0 Å². The van der Waals surface area contributed by atoms with Crippen LogP contribution in [-0.2, 0) is 0 Å². The number of halogens is 1. The van der Waals surface area contributed by atoms with Crippen LogP contribution >= 0.6 is 0 Å². The SMILES string of the molecule is CC1C[NH+]2CCCCC2N1CC1CCCCC1F. The van der Waals surface area contributed by atoms with E-state index in [0.717, 1.165) is 25.8 Å². The zero-order chi connectivity index (χ0) is 12.5. The minimum absolute atomic E-state index is 0.322. The number of hydrogen-bond acceptors (Lipinski definition) is 1. The number of rotatable bonds is 2. The van der Waals surface area contributed by atoms with E-state index >= 15 is 0 Å². The highest BCUT2D eigenvalue weighted by Crippen LogP contribution is 2.29. The molecule has 1 N–H and O–H groups in total. The van der Waals surface area contributed by atoms with Gasteiger partial charge in [-0.25, -0.2) is 9.29 Å². The molecule has 3 aliphatic rings. The summed E-state index contributed by atoms with van der Waals surface area (Å²) in [7, 11) is 0. The molecule has 3 rings (SSSR count). The normalized spacial score (nSPS) is 46.0. The molecule has 2 heterocycles. The highest BCUT2D eigenvalue weighted by molar-refractivity contribution is 4.84. The van der Waals surface area contributed by atoms with Gasteiger partial charge in [0, 0.05) is 18.9 Å². The summed E-state index contributed by atoms with van der Waals surface area (Å²) in [5.74, 6) is 0.322. The number of quaternary nitrogens is 1. The van der Waals surface area contributed by atoms with Crippen LogP contribution in [0.15, 0.2) is 0 Å². The fourth-order valence-electron chi connectivity index (χ4n) is 4.45. The summed E-state index contributed by atoms with van der Waals surface area (Å²) >= 11 is 0. The van der Waals surface area contributed by atoms with Crippen molar-refractivity contribution in [2.24, 2.45) is 5.92 Å². The number of nitrogens with zero attached hydrogens (tertiary/aromatic N) is 1. The first-order chi connectivity index (χ1) is 8.75. The van der Waals surface area contributed by atoms with E-state index in [1.54, 1.807) is 4.90 Å². The van der Waals surface area contributed by atoms with Crippen LogP contribution in [-0.4, -0.2) is 42.9 Å². The molecule has 2 saturated heterocycles. The number of fused-ring (bicyclic) bond motifs is 1. The van der Waals surface area contributed by atoms with Gasteiger partial charge in [-0.1, -0.05) is 12.8 Å². The van der Waals surface area contributed by atoms with Gasteiger partial charge in [0.15, 0.2) is 0 Å². The average molecular weight is 255 g/mol. The van der Waals surface area contributed by atoms with Crippen LogP contribution in [0.2, 0.25) is 0 Å². The molecule has 3 fully saturated rings. The Kier molecular flexibility index (Phi) is 3.90. The van der Waals surface area contributed by atoms with Gasteiger partial charge in [0.25, 0.3) is 0 Å². The lowest BCUT2D eigenvalue weighted by Crippen LogP contribution is -3.15. The maximum atomic E-state index is 14.0. The molecule has 2 aliphatic heterocycles. The van der Waals surface area contributed by atoms with E-state index in [1.807, 2.05) is 0 Å². The molecule has 104 valence electrons. The highest BCUT2D eigenvalue weighted by atomic mass is 19.1. The topological polar surface area (TPSA) is 7.68 Å². The molecule has 5 unspecified atom stereocenters. The van der Waals surface area contributed by atoms with Crippen LogP contribution in [0.5, 0.6) is 0 Å². The van der Waals surface area contributed by atoms with Gasteiger partial charge < -0.3 is 4.90 Å². The molecule has 0 amide bonds. The molecule has 3 heteroatoms. The molecule has 0 radical (unpaired) electrons. The summed E-state index contributed by atoms with van der Waals surface area (Å²) in [6, 6.07) is 0.664. The van der Waals surface area contributed by atoms with Crippen molar-refractivity contribution in [1.29, 1.82) is 0 Å². The highest BCUT2D eigenvalue weighted by Gasteiger charge is 2.43. The van der Waals surface area contributed by atoms with Crippen molar-refractivity contribution in [2.75, 3.05) is 19.6 Å². The van der Waals surface area contributed by atoms with Gasteiger partial charge >= 0.3 is 0 Å². The number of hydrogen-bond donors (Lipinski definition) is 1. The Morgan fingerprint density at radius 3 is 2.72 bits per heavy atom. The Labute approximate surface area is 111 Å². The molecule has 0 aromatic heterocycles. The molecular weight excluding hydrogens is 227 g/mol. The fraction of sp³-hybridized carbons (Fsp3) is 1.00. The second-order valence-electron chi connectivity index (χ2n) is 6.73. The van der Waals surface area contributed by atoms with Crippen LogP contribution in [0, 0.1) is 5.92 Å². The number of alkyl halides is 1. The van der Waals surface area contributed by atoms with Crippen molar-refractivity contribution >= 4 is 0 Å². The van der Waals surface area contributed by atoms with Crippen molar-refractivity contribution in [3.63, 3.8) is 0 Å². The second kappa shape index (κ2) is 5.46. The molecule has 5 atom stereocenters. The summed E-state index contributed by atoms with van der Waals surface area (Å²) < 4.78 is 14.0. The lowest BCUT2D eigenvalue weighted by molar-refractivity contribution is -0.924. The third kappa shape index (κ3) is 2.44. The summed E-state index contributed by atoms with van der Waals surface area (Å²) in [5.41, 5.74) is 0. The lowest BCUT2D eigenvalue weighted by atomic mass is 9.87. The third-order valence-corrected chi connectivity index (χ3v) is 5.48. The van der Waals surface area contributed by atoms with Crippen molar-refractivity contribution < 1.29 is 9.29 Å². The molecule has 0 spiro atoms. The Hall–Kier alpha value is -0.150. The van der Waals surface area contributed by atoms with E-state index in [2.05, 4.69) is 11.8 Å². The minimum Gasteiger partial charge on any atom is -0.319 e. The van der Waals surface area contributed by atoms with E-state index in [1.165, 1.54) is 38.8 Å². The predicted molar refractivity (Wildman–Crippen MR) is 71.4 cm³/mol. The lowest BCUT2D eigenvalue weighted by Gasteiger charge is -2.35. The largest absolute Gasteiger partial charge is 0.319 e. The molecule has 18 heavy (non-hydrogen) atoms. The first-order valence-electron chi connectivity index (χ1n) is 8.00. The third-order valence-electron chi connectivity index (χ3n) is 5.48. The number of piperidine rings is 1. The van der Waals surface area contributed by atoms with Crippen molar-refractivity contribution in [1.82, 2.24) is 4.90 Å². The quantitative estimate of drug-likeness (QED) is 0.788. The summed E-state index contributed by atoms with van der Waals surface area (Å²) in [6.45, 7) is 6.00. The van der Waals surface area contributed by atoms with Crippen molar-refractivity contribution in [3.05, 3.63) is 0 Å². The zero-order valence-electron chi connectivity index (χ0n) is 11.7. The monoisotopic (exact) mass is 255 g/mol. The Morgan fingerprint density at radius 2 is 1.89 bits per heavy atom. The van der Waals surface area contributed by atoms with Gasteiger partial charge in [-0.2, -0.15) is 0 Å². The van der Waals surface area contributed by atoms with Crippen molar-refractivity contribution in [3.8, 4) is 0 Å². The summed E-state index contributed by atoms with van der Waals surface area (Å²) in [6.07, 6.45) is 8.57. The number of nitrogens with one attached hydrogen (secondary N) is 1. The fourth-order valence-corrected chi connectivity index (χ4v) is 4.45. The molecule has 0 bridgehead atoms. The van der Waals surface area contributed by atoms with Gasteiger partial charge in [0.05, 0.1) is 19.1 Å². The van der Waals surface area contributed by atoms with E-state index in [0.29, 0.717) is 18.1 Å². The zero-order valence-corrected chi connectivity index (χ0v) is 11.7. The smallest absolute Gasteiger partial charge is 0.144 e. The molecule has 1 aliphatic carbocycles. The van der Waals surface area contributed by atoms with Gasteiger partial charge in [-0.05, 0) is 32.6 Å². The summed E-state index contributed by atoms with van der Waals surface area (Å²) in [5, 5.41) is 0. The second-order valence-corrected chi connectivity index (χ2v) is 6.73. The van der Waals surface area contributed by atoms with Crippen molar-refractivity contribution in [2.45, 2.75) is 70.2 Å².